The molecule has 0 aromatic heterocycles. The molecule has 80 valence electrons. The van der Waals surface area contributed by atoms with Gasteiger partial charge >= 0.3 is 17.4 Å². The van der Waals surface area contributed by atoms with Crippen molar-refractivity contribution in [3.8, 4) is 0 Å². The zero-order valence-corrected chi connectivity index (χ0v) is 7.96. The fourth-order valence-electron chi connectivity index (χ4n) is 0. The van der Waals surface area contributed by atoms with Gasteiger partial charge in [-0.1, -0.05) is 0 Å². The summed E-state index contributed by atoms with van der Waals surface area (Å²) in [6.07, 6.45) is 0. The van der Waals surface area contributed by atoms with Crippen LogP contribution in [0, 0.1) is 0 Å². The van der Waals surface area contributed by atoms with Crippen LogP contribution < -0.4 is 9.59 Å². The van der Waals surface area contributed by atoms with Gasteiger partial charge in [0.1, 0.15) is 0 Å². The zero-order chi connectivity index (χ0) is 3.58. The Hall–Kier alpha value is -0.131. The average Bonchev–Trinajstić information content (AvgIpc) is 0.811. The Balaban J connectivity index is -0.00000000161. The Morgan fingerprint density at radius 3 is 0.667 bits per heavy atom. The molecule has 0 unspecified atom stereocenters. The topological polar surface area (TPSA) is 284 Å². The van der Waals surface area contributed by atoms with Crippen LogP contribution >= 0.6 is 0 Å². The summed E-state index contributed by atoms with van der Waals surface area (Å²) in [7, 11) is -3.63. The molecule has 10 nitrogen and oxygen atoms in total. The molecule has 0 atom stereocenters. The van der Waals surface area contributed by atoms with Crippen molar-refractivity contribution in [3.63, 3.8) is 0 Å². The quantitative estimate of drug-likeness (QED) is 0.365. The molecule has 0 radical (unpaired) electrons. The first kappa shape index (κ1) is 170. The molecular weight excluding hydrogens is 215 g/mol. The number of hydrogen-bond acceptors (Lipinski definition) is 3. The first-order valence-electron chi connectivity index (χ1n) is 0.612. The van der Waals surface area contributed by atoms with Crippen LogP contribution in [-0.2, 0) is 4.46 Å². The van der Waals surface area contributed by atoms with Gasteiger partial charge < -0.3 is 52.4 Å². The molecule has 0 heterocycles. The van der Waals surface area contributed by atoms with Gasteiger partial charge in [0, 0.05) is 9.17 Å². The van der Waals surface area contributed by atoms with Crippen molar-refractivity contribution in [2.45, 2.75) is 0 Å². The minimum atomic E-state index is -3.63. The van der Waals surface area contributed by atoms with E-state index in [1.54, 1.807) is 0 Å². The van der Waals surface area contributed by atoms with Crippen LogP contribution in [0.15, 0.2) is 0 Å². The molecule has 0 fully saturated rings. The Morgan fingerprint density at radius 1 is 0.667 bits per heavy atom. The number of hydrogen-bond donors (Lipinski definition) is 0. The Bertz CT molecular complexity index is 32.8. The van der Waals surface area contributed by atoms with Gasteiger partial charge in [0.2, 0.25) is 0 Å². The van der Waals surface area contributed by atoms with E-state index < -0.39 is 9.17 Å². The van der Waals surface area contributed by atoms with Crippen LogP contribution in [0.5, 0.6) is 0 Å². The van der Waals surface area contributed by atoms with E-state index >= 15 is 0 Å². The fraction of sp³-hybridized carbons (Fsp3) is 0. The Kier molecular flexibility index (Phi) is 1830. The second-order valence-electron chi connectivity index (χ2n) is 0.250. The zero-order valence-electron chi connectivity index (χ0n) is 5.80. The SMILES string of the molecule is O.O.O.O.O.O.O.O=[Si]([O-])[O-].[Al+3]. The maximum atomic E-state index is 8.52. The summed E-state index contributed by atoms with van der Waals surface area (Å²) in [5.74, 6) is 0. The first-order chi connectivity index (χ1) is 1.73. The summed E-state index contributed by atoms with van der Waals surface area (Å²) in [4.78, 5) is 17.0. The molecule has 0 rings (SSSR count). The van der Waals surface area contributed by atoms with Crippen LogP contribution in [0.4, 0.5) is 0 Å². The predicted octanol–water partition coefficient (Wildman–Crippen LogP) is -9.03. The average molecular weight is 229 g/mol. The van der Waals surface area contributed by atoms with Gasteiger partial charge in [-0.25, -0.2) is 0 Å². The molecule has 0 saturated heterocycles. The Labute approximate surface area is 79.7 Å². The summed E-state index contributed by atoms with van der Waals surface area (Å²) in [5.41, 5.74) is 0. The normalized spacial score (nSPS) is 2.00. The van der Waals surface area contributed by atoms with E-state index in [0.29, 0.717) is 0 Å². The van der Waals surface area contributed by atoms with Crippen molar-refractivity contribution in [1.29, 1.82) is 0 Å². The van der Waals surface area contributed by atoms with Crippen molar-refractivity contribution in [1.82, 2.24) is 0 Å². The molecule has 0 bridgehead atoms. The molecule has 0 aromatic rings. The van der Waals surface area contributed by atoms with Gasteiger partial charge in [-0.05, 0) is 0 Å². The van der Waals surface area contributed by atoms with Gasteiger partial charge in [-0.2, -0.15) is 0 Å². The minimum absolute atomic E-state index is 0. The van der Waals surface area contributed by atoms with Crippen LogP contribution in [0.1, 0.15) is 0 Å². The van der Waals surface area contributed by atoms with Gasteiger partial charge in [-0.3, -0.25) is 0 Å². The van der Waals surface area contributed by atoms with E-state index in [0.717, 1.165) is 0 Å². The molecule has 12 heavy (non-hydrogen) atoms. The van der Waals surface area contributed by atoms with Crippen molar-refractivity contribution in [3.05, 3.63) is 0 Å². The van der Waals surface area contributed by atoms with Gasteiger partial charge in [-0.15, -0.1) is 0 Å². The van der Waals surface area contributed by atoms with Crippen LogP contribution in [0.2, 0.25) is 0 Å². The number of rotatable bonds is 0. The smallest absolute Gasteiger partial charge is 0.672 e. The van der Waals surface area contributed by atoms with E-state index in [9.17, 15) is 0 Å². The van der Waals surface area contributed by atoms with Crippen molar-refractivity contribution in [2.75, 3.05) is 0 Å². The first-order valence-corrected chi connectivity index (χ1v) is 1.84. The summed E-state index contributed by atoms with van der Waals surface area (Å²) < 4.78 is 8.52. The molecule has 0 aliphatic rings. The van der Waals surface area contributed by atoms with Gasteiger partial charge in [0.25, 0.3) is 0 Å². The third-order valence-electron chi connectivity index (χ3n) is 0. The molecular formula is H14AlO10Si+. The van der Waals surface area contributed by atoms with E-state index in [4.69, 9.17) is 14.1 Å². The van der Waals surface area contributed by atoms with E-state index in [2.05, 4.69) is 0 Å². The monoisotopic (exact) mass is 229 g/mol. The largest absolute Gasteiger partial charge is 3.00 e. The fourth-order valence-corrected chi connectivity index (χ4v) is 0. The minimum Gasteiger partial charge on any atom is -0.672 e. The van der Waals surface area contributed by atoms with Crippen molar-refractivity contribution < 1.29 is 52.4 Å². The second-order valence-corrected chi connectivity index (χ2v) is 0.750. The van der Waals surface area contributed by atoms with Gasteiger partial charge in [0.05, 0.1) is 0 Å². The summed E-state index contributed by atoms with van der Waals surface area (Å²) in [6, 6.07) is 0. The predicted molar refractivity (Wildman–Crippen MR) is 37.5 cm³/mol. The van der Waals surface area contributed by atoms with Crippen molar-refractivity contribution in [2.24, 2.45) is 0 Å². The molecule has 0 saturated carbocycles. The van der Waals surface area contributed by atoms with E-state index in [-0.39, 0.29) is 55.7 Å². The standard InChI is InChI=1S/Al.O3Si.7H2O/c;1-4(2)3;;;;;;;/h;;7*1H2/q+3;-2;;;;;;;. The molecule has 0 spiro atoms. The third kappa shape index (κ3) is 45500. The molecule has 0 aromatic carbocycles. The molecule has 0 aliphatic carbocycles. The van der Waals surface area contributed by atoms with E-state index in [1.807, 2.05) is 0 Å². The summed E-state index contributed by atoms with van der Waals surface area (Å²) >= 11 is 0. The molecule has 14 N–H and O–H groups in total. The van der Waals surface area contributed by atoms with Crippen LogP contribution in [-0.4, -0.2) is 64.9 Å². The third-order valence-corrected chi connectivity index (χ3v) is 0. The van der Waals surface area contributed by atoms with E-state index in [1.165, 1.54) is 0 Å². The maximum Gasteiger partial charge on any atom is 3.00 e. The molecule has 12 heteroatoms. The second kappa shape index (κ2) is 129. The van der Waals surface area contributed by atoms with Crippen LogP contribution in [0.3, 0.4) is 0 Å². The maximum absolute atomic E-state index is 8.52. The van der Waals surface area contributed by atoms with Crippen molar-refractivity contribution >= 4 is 26.5 Å². The Morgan fingerprint density at radius 2 is 0.667 bits per heavy atom. The molecule has 0 amide bonds. The summed E-state index contributed by atoms with van der Waals surface area (Å²) in [5, 5.41) is 0. The summed E-state index contributed by atoms with van der Waals surface area (Å²) in [6.45, 7) is 0. The van der Waals surface area contributed by atoms with Crippen LogP contribution in [0.25, 0.3) is 0 Å². The van der Waals surface area contributed by atoms with Gasteiger partial charge in [0.15, 0.2) is 0 Å². The molecule has 0 aliphatic heterocycles.